The third-order valence-electron chi connectivity index (χ3n) is 4.55. The Hall–Kier alpha value is -2.55. The number of carboxylic acid groups (broad SMARTS) is 1. The minimum Gasteiger partial charge on any atom is -1.00 e. The van der Waals surface area contributed by atoms with Gasteiger partial charge in [-0.3, -0.25) is 4.90 Å². The van der Waals surface area contributed by atoms with E-state index in [1.807, 2.05) is 12.1 Å². The molecule has 0 unspecified atom stereocenters. The molecule has 1 aliphatic rings. The first-order valence-corrected chi connectivity index (χ1v) is 8.98. The molecule has 1 saturated heterocycles. The molecule has 1 fully saturated rings. The summed E-state index contributed by atoms with van der Waals surface area (Å²) in [4.78, 5) is 17.7. The third kappa shape index (κ3) is 6.56. The van der Waals surface area contributed by atoms with Crippen LogP contribution in [0.3, 0.4) is 0 Å². The minimum atomic E-state index is -1.22. The Labute approximate surface area is 173 Å². The van der Waals surface area contributed by atoms with Crippen LogP contribution in [0.4, 0.5) is 0 Å². The van der Waals surface area contributed by atoms with Crippen molar-refractivity contribution in [1.82, 2.24) is 9.88 Å². The molecular formula is C23H28BeN2O2. The van der Waals surface area contributed by atoms with Crippen LogP contribution in [0.1, 0.15) is 44.2 Å². The van der Waals surface area contributed by atoms with Gasteiger partial charge in [0.05, 0.1) is 17.4 Å². The molecule has 2 aromatic rings. The van der Waals surface area contributed by atoms with E-state index in [9.17, 15) is 9.90 Å². The molecule has 1 aromatic carbocycles. The monoisotopic (exact) mass is 373 g/mol. The molecule has 0 spiro atoms. The van der Waals surface area contributed by atoms with Crippen LogP contribution in [0.25, 0.3) is 11.6 Å². The zero-order valence-electron chi connectivity index (χ0n) is 16.7. The van der Waals surface area contributed by atoms with Gasteiger partial charge in [0.2, 0.25) is 0 Å². The summed E-state index contributed by atoms with van der Waals surface area (Å²) in [5.74, 6) is -1.22. The third-order valence-corrected chi connectivity index (χ3v) is 4.55. The number of benzene rings is 1. The van der Waals surface area contributed by atoms with Crippen molar-refractivity contribution in [3.05, 3.63) is 77.1 Å². The van der Waals surface area contributed by atoms with Gasteiger partial charge in [0, 0.05) is 12.1 Å². The molecule has 0 saturated carbocycles. The molecule has 0 amide bonds. The second-order valence-corrected chi connectivity index (χ2v) is 6.59. The van der Waals surface area contributed by atoms with E-state index in [0.29, 0.717) is 5.69 Å². The smallest absolute Gasteiger partial charge is 1.00 e. The molecule has 28 heavy (non-hydrogen) atoms. The van der Waals surface area contributed by atoms with Gasteiger partial charge in [-0.1, -0.05) is 49.4 Å². The van der Waals surface area contributed by atoms with Crippen LogP contribution in [0, 0.1) is 6.92 Å². The van der Waals surface area contributed by atoms with E-state index >= 15 is 0 Å². The van der Waals surface area contributed by atoms with Crippen molar-refractivity contribution in [1.29, 1.82) is 0 Å². The first-order valence-electron chi connectivity index (χ1n) is 8.98. The van der Waals surface area contributed by atoms with Crippen LogP contribution in [-0.2, 0) is 4.79 Å². The van der Waals surface area contributed by atoms with Crippen molar-refractivity contribution >= 4 is 27.7 Å². The molecule has 1 aliphatic heterocycles. The van der Waals surface area contributed by atoms with E-state index in [2.05, 4.69) is 47.1 Å². The van der Waals surface area contributed by atoms with Crippen molar-refractivity contribution in [3.63, 3.8) is 0 Å². The number of pyridine rings is 1. The maximum atomic E-state index is 10.7. The fourth-order valence-electron chi connectivity index (χ4n) is 3.14. The van der Waals surface area contributed by atoms with Crippen LogP contribution in [0.2, 0.25) is 0 Å². The van der Waals surface area contributed by atoms with Crippen LogP contribution in [0.5, 0.6) is 0 Å². The number of rotatable bonds is 6. The number of carbonyl (C=O) groups excluding carboxylic acids is 1. The normalized spacial score (nSPS) is 14.5. The van der Waals surface area contributed by atoms with Gasteiger partial charge in [-0.2, -0.15) is 0 Å². The number of hydrogen-bond acceptors (Lipinski definition) is 4. The summed E-state index contributed by atoms with van der Waals surface area (Å²) in [6.07, 6.45) is 7.22. The van der Waals surface area contributed by atoms with Crippen LogP contribution in [-0.4, -0.2) is 45.6 Å². The molecule has 144 valence electrons. The standard InChI is InChI=1S/C22H24N2O2.CH4.Be.H/c1-17-7-9-18(10-8-17)20(13-16-24-14-2-3-15-24)21-6-4-5-19(23-21)11-12-22(25)26;;;/h4-13H,2-3,14-16H2,1H3,(H,25,26);1H4;;/q;;+2;-1/p-1/b12-11+,20-13+;;;. The molecule has 0 N–H and O–H groups in total. The van der Waals surface area contributed by atoms with Crippen LogP contribution >= 0.6 is 0 Å². The quantitative estimate of drug-likeness (QED) is 0.577. The number of carboxylic acids is 1. The van der Waals surface area contributed by atoms with Crippen LogP contribution < -0.4 is 5.11 Å². The summed E-state index contributed by atoms with van der Waals surface area (Å²) < 4.78 is 0. The summed E-state index contributed by atoms with van der Waals surface area (Å²) in [6, 6.07) is 14.1. The second kappa shape index (κ2) is 11.3. The van der Waals surface area contributed by atoms with Crippen molar-refractivity contribution in [2.45, 2.75) is 27.2 Å². The van der Waals surface area contributed by atoms with E-state index in [4.69, 9.17) is 0 Å². The number of aromatic nitrogens is 1. The minimum absolute atomic E-state index is 0. The van der Waals surface area contributed by atoms with Gasteiger partial charge in [0.25, 0.3) is 0 Å². The zero-order chi connectivity index (χ0) is 18.4. The predicted molar refractivity (Wildman–Crippen MR) is 116 cm³/mol. The molecule has 0 atom stereocenters. The Kier molecular flexibility index (Phi) is 9.50. The Morgan fingerprint density at radius 2 is 1.86 bits per heavy atom. The average molecular weight is 374 g/mol. The maximum Gasteiger partial charge on any atom is 2.00 e. The second-order valence-electron chi connectivity index (χ2n) is 6.59. The first-order chi connectivity index (χ1) is 12.6. The number of hydrogen-bond donors (Lipinski definition) is 0. The summed E-state index contributed by atoms with van der Waals surface area (Å²) >= 11 is 0. The average Bonchev–Trinajstić information content (AvgIpc) is 3.15. The molecule has 2 heterocycles. The van der Waals surface area contributed by atoms with Gasteiger partial charge in [-0.25, -0.2) is 4.98 Å². The van der Waals surface area contributed by atoms with E-state index in [-0.39, 0.29) is 19.0 Å². The first kappa shape index (κ1) is 23.5. The Bertz CT molecular complexity index is 829. The fraction of sp³-hybridized carbons (Fsp3) is 0.304. The molecule has 0 aliphatic carbocycles. The van der Waals surface area contributed by atoms with E-state index < -0.39 is 5.97 Å². The maximum absolute atomic E-state index is 10.7. The molecule has 5 heteroatoms. The van der Waals surface area contributed by atoms with Gasteiger partial charge in [-0.15, -0.1) is 0 Å². The van der Waals surface area contributed by atoms with Crippen molar-refractivity contribution in [2.24, 2.45) is 0 Å². The van der Waals surface area contributed by atoms with Gasteiger partial charge < -0.3 is 11.3 Å². The number of likely N-dealkylation sites (tertiary alicyclic amines) is 1. The summed E-state index contributed by atoms with van der Waals surface area (Å²) in [7, 11) is 0. The van der Waals surface area contributed by atoms with Gasteiger partial charge in [-0.05, 0) is 62.7 Å². The summed E-state index contributed by atoms with van der Waals surface area (Å²) in [6.45, 7) is 5.24. The van der Waals surface area contributed by atoms with Gasteiger partial charge in [0.15, 0.2) is 0 Å². The van der Waals surface area contributed by atoms with Crippen molar-refractivity contribution in [3.8, 4) is 0 Å². The molecule has 3 rings (SSSR count). The fourth-order valence-corrected chi connectivity index (χ4v) is 3.14. The van der Waals surface area contributed by atoms with E-state index in [1.54, 1.807) is 6.07 Å². The van der Waals surface area contributed by atoms with E-state index in [0.717, 1.165) is 42.5 Å². The van der Waals surface area contributed by atoms with Crippen molar-refractivity contribution in [2.75, 3.05) is 19.6 Å². The van der Waals surface area contributed by atoms with Crippen LogP contribution in [0.15, 0.2) is 54.6 Å². The summed E-state index contributed by atoms with van der Waals surface area (Å²) in [5, 5.41) is 10.7. The molecule has 1 aromatic heterocycles. The zero-order valence-corrected chi connectivity index (χ0v) is 15.7. The number of nitrogens with zero attached hydrogens (tertiary/aromatic N) is 2. The number of aliphatic carboxylic acids is 1. The largest absolute Gasteiger partial charge is 2.00 e. The molecule has 0 bridgehead atoms. The Morgan fingerprint density at radius 3 is 2.50 bits per heavy atom. The SMILES string of the molecule is C.Cc1ccc(/C(=C\CN2CCCC2)c2cccc(/C=C/C(=O)[O-])n2)cc1.[Be+2].[H-]. The number of aryl methyl sites for hydroxylation is 1. The topological polar surface area (TPSA) is 56.3 Å². The van der Waals surface area contributed by atoms with Gasteiger partial charge in [0.1, 0.15) is 0 Å². The summed E-state index contributed by atoms with van der Waals surface area (Å²) in [5.41, 5.74) is 4.84. The molecule has 4 nitrogen and oxygen atoms in total. The number of carbonyl (C=O) groups is 1. The molecule has 0 radical (unpaired) electrons. The Morgan fingerprint density at radius 1 is 1.18 bits per heavy atom. The predicted octanol–water partition coefficient (Wildman–Crippen LogP) is 3.05. The molecular weight excluding hydrogens is 345 g/mol. The van der Waals surface area contributed by atoms with Gasteiger partial charge >= 0.3 is 10.1 Å². The Balaban J connectivity index is 0.00000261. The van der Waals surface area contributed by atoms with E-state index in [1.165, 1.54) is 24.5 Å². The van der Waals surface area contributed by atoms with Crippen molar-refractivity contribution < 1.29 is 11.3 Å².